The third-order valence-corrected chi connectivity index (χ3v) is 6.22. The van der Waals surface area contributed by atoms with E-state index in [9.17, 15) is 9.59 Å². The summed E-state index contributed by atoms with van der Waals surface area (Å²) in [6.07, 6.45) is 11.8. The zero-order valence-corrected chi connectivity index (χ0v) is 17.3. The van der Waals surface area contributed by atoms with Crippen molar-refractivity contribution in [2.45, 2.75) is 44.2 Å². The van der Waals surface area contributed by atoms with Crippen LogP contribution in [0.2, 0.25) is 0 Å². The summed E-state index contributed by atoms with van der Waals surface area (Å²) in [6, 6.07) is 0.318. The smallest absolute Gasteiger partial charge is 0.226 e. The molecule has 4 rings (SSSR count). The Bertz CT molecular complexity index is 790. The lowest BCUT2D eigenvalue weighted by atomic mass is 9.92. The van der Waals surface area contributed by atoms with Crippen LogP contribution in [0.1, 0.15) is 32.1 Å². The topological polar surface area (TPSA) is 74.2 Å². The summed E-state index contributed by atoms with van der Waals surface area (Å²) in [6.45, 7) is 2.62. The number of rotatable bonds is 6. The van der Waals surface area contributed by atoms with Gasteiger partial charge in [-0.15, -0.1) is 0 Å². The number of amidine groups is 1. The van der Waals surface area contributed by atoms with Gasteiger partial charge in [0.2, 0.25) is 11.8 Å². The monoisotopic (exact) mass is 398 g/mol. The SMILES string of the molecule is CN1CCC(N(C)C(=O)CCCOC2=CC3=CC4CC(=O)NC4=NC3C=C2)CC1. The average molecular weight is 399 g/mol. The van der Waals surface area contributed by atoms with Gasteiger partial charge in [0.1, 0.15) is 11.6 Å². The van der Waals surface area contributed by atoms with Gasteiger partial charge in [-0.25, -0.2) is 0 Å². The number of aliphatic imine (C=N–C) groups is 1. The second-order valence-corrected chi connectivity index (χ2v) is 8.38. The lowest BCUT2D eigenvalue weighted by Crippen LogP contribution is -2.44. The molecular formula is C22H30N4O3. The molecule has 7 heteroatoms. The normalized spacial score (nSPS) is 26.7. The molecule has 0 aromatic rings. The molecular weight excluding hydrogens is 368 g/mol. The first-order valence-electron chi connectivity index (χ1n) is 10.6. The zero-order chi connectivity index (χ0) is 20.4. The molecule has 4 aliphatic rings. The van der Waals surface area contributed by atoms with Gasteiger partial charge in [0.05, 0.1) is 12.6 Å². The van der Waals surface area contributed by atoms with Gasteiger partial charge in [-0.05, 0) is 57.1 Å². The molecule has 0 aromatic carbocycles. The maximum Gasteiger partial charge on any atom is 0.226 e. The molecule has 1 aliphatic carbocycles. The van der Waals surface area contributed by atoms with E-state index < -0.39 is 0 Å². The Kier molecular flexibility index (Phi) is 5.85. The number of hydrogen-bond donors (Lipinski definition) is 1. The summed E-state index contributed by atoms with van der Waals surface area (Å²) >= 11 is 0. The van der Waals surface area contributed by atoms with Crippen LogP contribution < -0.4 is 5.32 Å². The Labute approximate surface area is 172 Å². The number of fused-ring (bicyclic) bond motifs is 2. The predicted octanol–water partition coefficient (Wildman–Crippen LogP) is 1.63. The predicted molar refractivity (Wildman–Crippen MR) is 111 cm³/mol. The molecule has 3 heterocycles. The van der Waals surface area contributed by atoms with Crippen molar-refractivity contribution in [1.29, 1.82) is 0 Å². The van der Waals surface area contributed by atoms with Crippen molar-refractivity contribution in [3.8, 4) is 0 Å². The van der Waals surface area contributed by atoms with E-state index in [-0.39, 0.29) is 23.8 Å². The van der Waals surface area contributed by atoms with Crippen molar-refractivity contribution in [3.05, 3.63) is 35.6 Å². The van der Waals surface area contributed by atoms with E-state index in [0.29, 0.717) is 31.9 Å². The number of likely N-dealkylation sites (tertiary alicyclic amines) is 1. The highest BCUT2D eigenvalue weighted by Gasteiger charge is 2.32. The Morgan fingerprint density at radius 1 is 1.38 bits per heavy atom. The number of carbonyl (C=O) groups excluding carboxylic acids is 2. The van der Waals surface area contributed by atoms with Crippen LogP contribution in [-0.4, -0.2) is 73.3 Å². The van der Waals surface area contributed by atoms with Crippen molar-refractivity contribution >= 4 is 17.6 Å². The molecule has 0 bridgehead atoms. The summed E-state index contributed by atoms with van der Waals surface area (Å²) in [4.78, 5) is 32.9. The molecule has 0 aromatic heterocycles. The second-order valence-electron chi connectivity index (χ2n) is 8.38. The van der Waals surface area contributed by atoms with E-state index in [1.165, 1.54) is 0 Å². The molecule has 2 fully saturated rings. The standard InChI is InChI=1S/C22H30N4O3/c1-25-9-7-17(8-10-25)26(2)21(28)4-3-11-29-18-5-6-19-15(13-18)12-16-14-20(27)24-22(16)23-19/h5-6,12-13,16-17,19H,3-4,7-11,14H2,1-2H3,(H,23,24,27). The lowest BCUT2D eigenvalue weighted by Gasteiger charge is -2.35. The number of allylic oxidation sites excluding steroid dienone is 1. The first-order valence-corrected chi connectivity index (χ1v) is 10.6. The van der Waals surface area contributed by atoms with Crippen molar-refractivity contribution in [2.75, 3.05) is 33.8 Å². The number of hydrogen-bond acceptors (Lipinski definition) is 5. The van der Waals surface area contributed by atoms with Crippen molar-refractivity contribution in [3.63, 3.8) is 0 Å². The van der Waals surface area contributed by atoms with E-state index >= 15 is 0 Å². The maximum absolute atomic E-state index is 12.5. The molecule has 0 saturated carbocycles. The van der Waals surface area contributed by atoms with Gasteiger partial charge in [-0.2, -0.15) is 0 Å². The highest BCUT2D eigenvalue weighted by molar-refractivity contribution is 6.08. The highest BCUT2D eigenvalue weighted by Crippen LogP contribution is 2.29. The largest absolute Gasteiger partial charge is 0.494 e. The fourth-order valence-electron chi connectivity index (χ4n) is 4.36. The van der Waals surface area contributed by atoms with Gasteiger partial charge in [0.15, 0.2) is 0 Å². The second kappa shape index (κ2) is 8.53. The van der Waals surface area contributed by atoms with Gasteiger partial charge in [-0.1, -0.05) is 12.2 Å². The Balaban J connectivity index is 1.22. The molecule has 1 N–H and O–H groups in total. The molecule has 2 unspecified atom stereocenters. The summed E-state index contributed by atoms with van der Waals surface area (Å²) in [5.41, 5.74) is 1.07. The van der Waals surface area contributed by atoms with Gasteiger partial charge >= 0.3 is 0 Å². The van der Waals surface area contributed by atoms with Crippen LogP contribution in [0.4, 0.5) is 0 Å². The summed E-state index contributed by atoms with van der Waals surface area (Å²) in [5, 5.41) is 2.83. The molecule has 7 nitrogen and oxygen atoms in total. The molecule has 2 saturated heterocycles. The zero-order valence-electron chi connectivity index (χ0n) is 17.3. The maximum atomic E-state index is 12.5. The fraction of sp³-hybridized carbons (Fsp3) is 0.591. The molecule has 2 atom stereocenters. The molecule has 0 radical (unpaired) electrons. The van der Waals surface area contributed by atoms with E-state index in [0.717, 1.165) is 43.1 Å². The summed E-state index contributed by atoms with van der Waals surface area (Å²) < 4.78 is 5.88. The van der Waals surface area contributed by atoms with Crippen LogP contribution in [0, 0.1) is 5.92 Å². The Hall–Kier alpha value is -2.41. The van der Waals surface area contributed by atoms with Crippen molar-refractivity contribution in [2.24, 2.45) is 10.9 Å². The van der Waals surface area contributed by atoms with E-state index in [4.69, 9.17) is 4.74 Å². The lowest BCUT2D eigenvalue weighted by molar-refractivity contribution is -0.133. The minimum Gasteiger partial charge on any atom is -0.494 e. The molecule has 156 valence electrons. The number of ether oxygens (including phenoxy) is 1. The van der Waals surface area contributed by atoms with Crippen LogP contribution in [0.15, 0.2) is 40.6 Å². The number of nitrogens with one attached hydrogen (secondary N) is 1. The van der Waals surface area contributed by atoms with Crippen LogP contribution in [0.25, 0.3) is 0 Å². The molecule has 29 heavy (non-hydrogen) atoms. The first kappa shape index (κ1) is 19.9. The third kappa shape index (κ3) is 4.61. The minimum atomic E-state index is -0.0447. The number of nitrogens with zero attached hydrogens (tertiary/aromatic N) is 3. The molecule has 2 amide bonds. The molecule has 3 aliphatic heterocycles. The van der Waals surface area contributed by atoms with E-state index in [2.05, 4.69) is 28.3 Å². The van der Waals surface area contributed by atoms with Crippen molar-refractivity contribution < 1.29 is 14.3 Å². The van der Waals surface area contributed by atoms with Crippen LogP contribution >= 0.6 is 0 Å². The average Bonchev–Trinajstić information content (AvgIpc) is 3.08. The quantitative estimate of drug-likeness (QED) is 0.690. The number of dihydropyridines is 1. The van der Waals surface area contributed by atoms with E-state index in [1.807, 2.05) is 30.2 Å². The Morgan fingerprint density at radius 3 is 2.97 bits per heavy atom. The van der Waals surface area contributed by atoms with Crippen LogP contribution in [0.3, 0.4) is 0 Å². The third-order valence-electron chi connectivity index (χ3n) is 6.22. The van der Waals surface area contributed by atoms with E-state index in [1.54, 1.807) is 0 Å². The van der Waals surface area contributed by atoms with Crippen molar-refractivity contribution in [1.82, 2.24) is 15.1 Å². The summed E-state index contributed by atoms with van der Waals surface area (Å²) in [7, 11) is 4.06. The van der Waals surface area contributed by atoms with Gasteiger partial charge < -0.3 is 19.9 Å². The minimum absolute atomic E-state index is 0.0311. The molecule has 0 spiro atoms. The van der Waals surface area contributed by atoms with Gasteiger partial charge in [0, 0.05) is 31.8 Å². The Morgan fingerprint density at radius 2 is 2.17 bits per heavy atom. The van der Waals surface area contributed by atoms with Gasteiger partial charge in [0.25, 0.3) is 0 Å². The number of amides is 2. The number of carbonyl (C=O) groups is 2. The number of piperidine rings is 1. The van der Waals surface area contributed by atoms with Crippen LogP contribution in [0.5, 0.6) is 0 Å². The fourth-order valence-corrected chi connectivity index (χ4v) is 4.36. The first-order chi connectivity index (χ1) is 14.0. The van der Waals surface area contributed by atoms with Crippen LogP contribution in [-0.2, 0) is 14.3 Å². The highest BCUT2D eigenvalue weighted by atomic mass is 16.5. The van der Waals surface area contributed by atoms with Gasteiger partial charge in [-0.3, -0.25) is 14.6 Å². The summed E-state index contributed by atoms with van der Waals surface area (Å²) in [5.74, 6) is 1.86.